The number of hydrogen-bond donors (Lipinski definition) is 1. The number of aryl methyl sites for hydroxylation is 1. The largest absolute Gasteiger partial charge is 0.482 e. The summed E-state index contributed by atoms with van der Waals surface area (Å²) in [5, 5.41) is 3.46. The van der Waals surface area contributed by atoms with Crippen LogP contribution < -0.4 is 15.7 Å². The van der Waals surface area contributed by atoms with Gasteiger partial charge in [-0.3, -0.25) is 4.79 Å². The van der Waals surface area contributed by atoms with E-state index in [4.69, 9.17) is 13.9 Å². The van der Waals surface area contributed by atoms with Gasteiger partial charge in [-0.25, -0.2) is 9.59 Å². The molecule has 4 rings (SSSR count). The summed E-state index contributed by atoms with van der Waals surface area (Å²) in [6.45, 7) is 0.981. The normalized spacial score (nSPS) is 10.6. The van der Waals surface area contributed by atoms with E-state index in [1.54, 1.807) is 31.2 Å². The molecule has 0 saturated carbocycles. The summed E-state index contributed by atoms with van der Waals surface area (Å²) in [5.74, 6) is -0.815. The second-order valence-corrected chi connectivity index (χ2v) is 7.35. The number of anilines is 1. The minimum atomic E-state index is -0.699. The number of fused-ring (bicyclic) bond motifs is 1. The standard InChI is InChI=1S/C26H21NO6/c1-17-13-25(29)33-23-14-21(11-12-22(17)23)31-16-26(30)32-15-24(28)27-20-9-7-19(8-10-20)18-5-3-2-4-6-18/h2-14H,15-16H2,1H3,(H,27,28). The molecule has 0 fully saturated rings. The lowest BCUT2D eigenvalue weighted by molar-refractivity contribution is -0.149. The number of carbonyl (C=O) groups is 2. The van der Waals surface area contributed by atoms with Crippen molar-refractivity contribution in [2.75, 3.05) is 18.5 Å². The van der Waals surface area contributed by atoms with Crippen molar-refractivity contribution in [2.45, 2.75) is 6.92 Å². The molecule has 0 aliphatic heterocycles. The fourth-order valence-electron chi connectivity index (χ4n) is 3.30. The molecule has 1 amide bonds. The van der Waals surface area contributed by atoms with E-state index in [0.29, 0.717) is 17.0 Å². The zero-order valence-electron chi connectivity index (χ0n) is 17.9. The Morgan fingerprint density at radius 2 is 1.61 bits per heavy atom. The van der Waals surface area contributed by atoms with Crippen LogP contribution in [-0.4, -0.2) is 25.1 Å². The average molecular weight is 443 g/mol. The van der Waals surface area contributed by atoms with Crippen molar-refractivity contribution in [3.05, 3.63) is 94.8 Å². The van der Waals surface area contributed by atoms with E-state index >= 15 is 0 Å². The Morgan fingerprint density at radius 1 is 0.879 bits per heavy atom. The maximum absolute atomic E-state index is 12.1. The fourth-order valence-corrected chi connectivity index (χ4v) is 3.30. The van der Waals surface area contributed by atoms with Crippen LogP contribution in [0.25, 0.3) is 22.1 Å². The van der Waals surface area contributed by atoms with E-state index in [0.717, 1.165) is 22.1 Å². The quantitative estimate of drug-likeness (QED) is 0.338. The highest BCUT2D eigenvalue weighted by molar-refractivity contribution is 5.93. The van der Waals surface area contributed by atoms with Crippen molar-refractivity contribution in [1.29, 1.82) is 0 Å². The Morgan fingerprint density at radius 3 is 2.36 bits per heavy atom. The number of carbonyl (C=O) groups excluding carboxylic acids is 2. The van der Waals surface area contributed by atoms with E-state index in [1.807, 2.05) is 42.5 Å². The van der Waals surface area contributed by atoms with Gasteiger partial charge in [0.15, 0.2) is 13.2 Å². The molecule has 0 aliphatic rings. The number of nitrogens with one attached hydrogen (secondary N) is 1. The summed E-state index contributed by atoms with van der Waals surface area (Å²) < 4.78 is 15.5. The Bertz CT molecular complexity index is 1340. The summed E-state index contributed by atoms with van der Waals surface area (Å²) in [6, 6.07) is 23.6. The van der Waals surface area contributed by atoms with Gasteiger partial charge in [0.05, 0.1) is 0 Å². The third-order valence-corrected chi connectivity index (χ3v) is 4.92. The second-order valence-electron chi connectivity index (χ2n) is 7.35. The Labute approximate surface area is 189 Å². The SMILES string of the molecule is Cc1cc(=O)oc2cc(OCC(=O)OCC(=O)Nc3ccc(-c4ccccc4)cc3)ccc12. The number of benzene rings is 3. The molecule has 1 heterocycles. The Balaban J connectivity index is 1.25. The number of esters is 1. The van der Waals surface area contributed by atoms with E-state index in [1.165, 1.54) is 12.1 Å². The van der Waals surface area contributed by atoms with Gasteiger partial charge in [0.2, 0.25) is 0 Å². The molecule has 3 aromatic carbocycles. The van der Waals surface area contributed by atoms with Crippen LogP contribution in [0.3, 0.4) is 0 Å². The first-order valence-electron chi connectivity index (χ1n) is 10.3. The molecule has 0 radical (unpaired) electrons. The van der Waals surface area contributed by atoms with Gasteiger partial charge < -0.3 is 19.2 Å². The van der Waals surface area contributed by atoms with Gasteiger partial charge in [0, 0.05) is 23.2 Å². The highest BCUT2D eigenvalue weighted by atomic mass is 16.6. The zero-order chi connectivity index (χ0) is 23.2. The first-order chi connectivity index (χ1) is 16.0. The average Bonchev–Trinajstić information content (AvgIpc) is 2.82. The lowest BCUT2D eigenvalue weighted by atomic mass is 10.1. The van der Waals surface area contributed by atoms with E-state index in [2.05, 4.69) is 5.32 Å². The minimum Gasteiger partial charge on any atom is -0.482 e. The van der Waals surface area contributed by atoms with E-state index in [-0.39, 0.29) is 6.61 Å². The van der Waals surface area contributed by atoms with Crippen molar-refractivity contribution in [1.82, 2.24) is 0 Å². The molecule has 1 N–H and O–H groups in total. The van der Waals surface area contributed by atoms with Crippen LogP contribution in [0.1, 0.15) is 5.56 Å². The molecular weight excluding hydrogens is 422 g/mol. The van der Waals surface area contributed by atoms with Gasteiger partial charge >= 0.3 is 11.6 Å². The highest BCUT2D eigenvalue weighted by Gasteiger charge is 2.10. The molecule has 0 unspecified atom stereocenters. The van der Waals surface area contributed by atoms with Gasteiger partial charge in [-0.1, -0.05) is 42.5 Å². The van der Waals surface area contributed by atoms with Crippen LogP contribution in [0.5, 0.6) is 5.75 Å². The molecule has 4 aromatic rings. The first-order valence-corrected chi connectivity index (χ1v) is 10.3. The number of amides is 1. The van der Waals surface area contributed by atoms with Crippen LogP contribution in [0, 0.1) is 6.92 Å². The molecule has 0 atom stereocenters. The van der Waals surface area contributed by atoms with Crippen LogP contribution in [0.2, 0.25) is 0 Å². The van der Waals surface area contributed by atoms with Gasteiger partial charge in [-0.2, -0.15) is 0 Å². The van der Waals surface area contributed by atoms with Crippen molar-refractivity contribution >= 4 is 28.5 Å². The molecule has 0 spiro atoms. The van der Waals surface area contributed by atoms with Crippen molar-refractivity contribution in [2.24, 2.45) is 0 Å². The molecule has 1 aromatic heterocycles. The summed E-state index contributed by atoms with van der Waals surface area (Å²) in [7, 11) is 0. The van der Waals surface area contributed by atoms with Crippen molar-refractivity contribution in [3.63, 3.8) is 0 Å². The minimum absolute atomic E-state index is 0.344. The Hall–Kier alpha value is -4.39. The lowest BCUT2D eigenvalue weighted by Crippen LogP contribution is -2.23. The molecule has 0 bridgehead atoms. The summed E-state index contributed by atoms with van der Waals surface area (Å²) >= 11 is 0. The molecule has 166 valence electrons. The molecule has 0 saturated heterocycles. The van der Waals surface area contributed by atoms with E-state index < -0.39 is 24.1 Å². The lowest BCUT2D eigenvalue weighted by Gasteiger charge is -2.09. The van der Waals surface area contributed by atoms with Crippen LogP contribution in [0.4, 0.5) is 5.69 Å². The fraction of sp³-hybridized carbons (Fsp3) is 0.115. The Kier molecular flexibility index (Phi) is 6.50. The topological polar surface area (TPSA) is 94.8 Å². The van der Waals surface area contributed by atoms with Crippen LogP contribution in [0.15, 0.2) is 88.1 Å². The van der Waals surface area contributed by atoms with Crippen molar-refractivity contribution < 1.29 is 23.5 Å². The van der Waals surface area contributed by atoms with E-state index in [9.17, 15) is 14.4 Å². The molecule has 0 aliphatic carbocycles. The first kappa shape index (κ1) is 21.8. The third kappa shape index (κ3) is 5.65. The summed E-state index contributed by atoms with van der Waals surface area (Å²) in [4.78, 5) is 35.6. The maximum atomic E-state index is 12.1. The maximum Gasteiger partial charge on any atom is 0.344 e. The molecule has 7 nitrogen and oxygen atoms in total. The number of hydrogen-bond acceptors (Lipinski definition) is 6. The predicted octanol–water partition coefficient (Wildman–Crippen LogP) is 4.33. The number of ether oxygens (including phenoxy) is 2. The van der Waals surface area contributed by atoms with Gasteiger partial charge in [-0.05, 0) is 47.9 Å². The smallest absolute Gasteiger partial charge is 0.344 e. The van der Waals surface area contributed by atoms with Crippen LogP contribution >= 0.6 is 0 Å². The van der Waals surface area contributed by atoms with Gasteiger partial charge in [0.25, 0.3) is 5.91 Å². The molecule has 7 heteroatoms. The van der Waals surface area contributed by atoms with Crippen molar-refractivity contribution in [3.8, 4) is 16.9 Å². The van der Waals surface area contributed by atoms with Gasteiger partial charge in [-0.15, -0.1) is 0 Å². The summed E-state index contributed by atoms with van der Waals surface area (Å²) in [6.07, 6.45) is 0. The van der Waals surface area contributed by atoms with Gasteiger partial charge in [0.1, 0.15) is 11.3 Å². The molecular formula is C26H21NO6. The van der Waals surface area contributed by atoms with Crippen LogP contribution in [-0.2, 0) is 14.3 Å². The molecule has 33 heavy (non-hydrogen) atoms. The second kappa shape index (κ2) is 9.82. The predicted molar refractivity (Wildman–Crippen MR) is 124 cm³/mol. The zero-order valence-corrected chi connectivity index (χ0v) is 17.9. The highest BCUT2D eigenvalue weighted by Crippen LogP contribution is 2.22. The summed E-state index contributed by atoms with van der Waals surface area (Å²) in [5.41, 5.74) is 3.39. The monoisotopic (exact) mass is 443 g/mol. The number of rotatable bonds is 7. The third-order valence-electron chi connectivity index (χ3n) is 4.92.